The van der Waals surface area contributed by atoms with E-state index in [0.717, 1.165) is 18.8 Å². The molecule has 3 nitrogen and oxygen atoms in total. The van der Waals surface area contributed by atoms with Crippen LogP contribution in [0.15, 0.2) is 16.7 Å². The van der Waals surface area contributed by atoms with E-state index in [-0.39, 0.29) is 0 Å². The van der Waals surface area contributed by atoms with E-state index >= 15 is 0 Å². The lowest BCUT2D eigenvalue weighted by Gasteiger charge is -2.21. The van der Waals surface area contributed by atoms with Gasteiger partial charge in [-0.05, 0) is 39.0 Å². The van der Waals surface area contributed by atoms with Crippen molar-refractivity contribution in [3.8, 4) is 0 Å². The Kier molecular flexibility index (Phi) is 7.78. The summed E-state index contributed by atoms with van der Waals surface area (Å²) in [6.45, 7) is 8.73. The van der Waals surface area contributed by atoms with Gasteiger partial charge < -0.3 is 9.73 Å². The molecule has 1 aromatic rings. The predicted octanol–water partition coefficient (Wildman–Crippen LogP) is 3.40. The number of unbranched alkanes of at least 4 members (excludes halogenated alkanes) is 2. The molecule has 0 unspecified atom stereocenters. The first-order valence-corrected chi connectivity index (χ1v) is 7.24. The van der Waals surface area contributed by atoms with Crippen LogP contribution < -0.4 is 5.32 Å². The monoisotopic (exact) mass is 252 g/mol. The molecule has 0 saturated heterocycles. The number of nitrogens with one attached hydrogen (secondary N) is 1. The third kappa shape index (κ3) is 5.23. The van der Waals surface area contributed by atoms with Crippen molar-refractivity contribution in [1.82, 2.24) is 10.2 Å². The van der Waals surface area contributed by atoms with Crippen LogP contribution in [0.4, 0.5) is 0 Å². The van der Waals surface area contributed by atoms with Gasteiger partial charge in [-0.25, -0.2) is 0 Å². The smallest absolute Gasteiger partial charge is 0.122 e. The highest BCUT2D eigenvalue weighted by atomic mass is 16.3. The van der Waals surface area contributed by atoms with Gasteiger partial charge in [-0.3, -0.25) is 4.90 Å². The molecule has 18 heavy (non-hydrogen) atoms. The molecule has 1 aromatic heterocycles. The molecule has 3 heteroatoms. The number of hydrogen-bond acceptors (Lipinski definition) is 3. The lowest BCUT2D eigenvalue weighted by molar-refractivity contribution is 0.255. The van der Waals surface area contributed by atoms with Crippen LogP contribution in [0.3, 0.4) is 0 Å². The van der Waals surface area contributed by atoms with E-state index in [9.17, 15) is 0 Å². The molecular formula is C15H28N2O. The third-order valence-electron chi connectivity index (χ3n) is 3.22. The van der Waals surface area contributed by atoms with Gasteiger partial charge in [-0.15, -0.1) is 0 Å². The quantitative estimate of drug-likeness (QED) is 0.692. The standard InChI is InChI=1S/C15H28N2O/c1-4-6-9-17(10-7-5-2)13-14-8-11-18-15(14)12-16-3/h8,11,16H,4-7,9-10,12-13H2,1-3H3. The second kappa shape index (κ2) is 9.17. The predicted molar refractivity (Wildman–Crippen MR) is 76.6 cm³/mol. The zero-order valence-electron chi connectivity index (χ0n) is 12.2. The Morgan fingerprint density at radius 3 is 2.39 bits per heavy atom. The molecule has 0 aromatic carbocycles. The van der Waals surface area contributed by atoms with Crippen LogP contribution in [0.2, 0.25) is 0 Å². The second-order valence-corrected chi connectivity index (χ2v) is 4.88. The molecule has 0 aliphatic rings. The maximum absolute atomic E-state index is 5.53. The summed E-state index contributed by atoms with van der Waals surface area (Å²) in [5.74, 6) is 1.08. The second-order valence-electron chi connectivity index (χ2n) is 4.88. The average molecular weight is 252 g/mol. The minimum absolute atomic E-state index is 0.817. The molecule has 1 heterocycles. The van der Waals surface area contributed by atoms with Crippen LogP contribution in [-0.4, -0.2) is 25.0 Å². The number of rotatable bonds is 10. The molecule has 0 amide bonds. The first kappa shape index (κ1) is 15.3. The summed E-state index contributed by atoms with van der Waals surface area (Å²) < 4.78 is 5.53. The minimum atomic E-state index is 0.817. The highest BCUT2D eigenvalue weighted by Gasteiger charge is 2.10. The molecular weight excluding hydrogens is 224 g/mol. The Morgan fingerprint density at radius 1 is 1.17 bits per heavy atom. The highest BCUT2D eigenvalue weighted by Crippen LogP contribution is 2.14. The summed E-state index contributed by atoms with van der Waals surface area (Å²) in [4.78, 5) is 2.55. The lowest BCUT2D eigenvalue weighted by atomic mass is 10.2. The van der Waals surface area contributed by atoms with Gasteiger partial charge in [0.15, 0.2) is 0 Å². The molecule has 0 saturated carbocycles. The van der Waals surface area contributed by atoms with E-state index in [2.05, 4.69) is 30.1 Å². The van der Waals surface area contributed by atoms with Crippen molar-refractivity contribution >= 4 is 0 Å². The van der Waals surface area contributed by atoms with Gasteiger partial charge in [-0.1, -0.05) is 26.7 Å². The fourth-order valence-electron chi connectivity index (χ4n) is 2.10. The lowest BCUT2D eigenvalue weighted by Crippen LogP contribution is -2.26. The van der Waals surface area contributed by atoms with Gasteiger partial charge in [0.25, 0.3) is 0 Å². The van der Waals surface area contributed by atoms with Gasteiger partial charge in [0.05, 0.1) is 12.8 Å². The normalized spacial score (nSPS) is 11.3. The van der Waals surface area contributed by atoms with E-state index in [1.807, 2.05) is 7.05 Å². The molecule has 0 spiro atoms. The Bertz CT molecular complexity index is 301. The molecule has 104 valence electrons. The van der Waals surface area contributed by atoms with Crippen molar-refractivity contribution in [2.75, 3.05) is 20.1 Å². The molecule has 0 aliphatic heterocycles. The minimum Gasteiger partial charge on any atom is -0.468 e. The number of nitrogens with zero attached hydrogens (tertiary/aromatic N) is 1. The summed E-state index contributed by atoms with van der Waals surface area (Å²) in [6.07, 6.45) is 6.89. The zero-order chi connectivity index (χ0) is 13.2. The Morgan fingerprint density at radius 2 is 1.83 bits per heavy atom. The van der Waals surface area contributed by atoms with E-state index in [0.29, 0.717) is 0 Å². The molecule has 1 rings (SSSR count). The van der Waals surface area contributed by atoms with E-state index in [4.69, 9.17) is 4.42 Å². The van der Waals surface area contributed by atoms with Gasteiger partial charge >= 0.3 is 0 Å². The van der Waals surface area contributed by atoms with E-state index in [1.165, 1.54) is 44.3 Å². The van der Waals surface area contributed by atoms with Crippen LogP contribution in [0.5, 0.6) is 0 Å². The molecule has 0 bridgehead atoms. The molecule has 1 N–H and O–H groups in total. The first-order chi connectivity index (χ1) is 8.81. The topological polar surface area (TPSA) is 28.4 Å². The van der Waals surface area contributed by atoms with E-state index < -0.39 is 0 Å². The Balaban J connectivity index is 2.53. The summed E-state index contributed by atoms with van der Waals surface area (Å²) in [7, 11) is 1.96. The van der Waals surface area contributed by atoms with Crippen LogP contribution in [0.25, 0.3) is 0 Å². The Labute approximate surface area is 112 Å². The fraction of sp³-hybridized carbons (Fsp3) is 0.733. The summed E-state index contributed by atoms with van der Waals surface area (Å²) in [5, 5.41) is 3.16. The third-order valence-corrected chi connectivity index (χ3v) is 3.22. The summed E-state index contributed by atoms with van der Waals surface area (Å²) >= 11 is 0. The zero-order valence-corrected chi connectivity index (χ0v) is 12.2. The fourth-order valence-corrected chi connectivity index (χ4v) is 2.10. The average Bonchev–Trinajstić information content (AvgIpc) is 2.80. The van der Waals surface area contributed by atoms with E-state index in [1.54, 1.807) is 6.26 Å². The van der Waals surface area contributed by atoms with Gasteiger partial charge in [0, 0.05) is 12.1 Å². The molecule has 0 radical (unpaired) electrons. The Hall–Kier alpha value is -0.800. The van der Waals surface area contributed by atoms with Crippen molar-refractivity contribution in [3.05, 3.63) is 23.7 Å². The van der Waals surface area contributed by atoms with Crippen LogP contribution >= 0.6 is 0 Å². The maximum atomic E-state index is 5.53. The van der Waals surface area contributed by atoms with Gasteiger partial charge in [0.2, 0.25) is 0 Å². The van der Waals surface area contributed by atoms with Gasteiger partial charge in [0.1, 0.15) is 5.76 Å². The largest absolute Gasteiger partial charge is 0.468 e. The van der Waals surface area contributed by atoms with Gasteiger partial charge in [-0.2, -0.15) is 0 Å². The van der Waals surface area contributed by atoms with Crippen molar-refractivity contribution in [1.29, 1.82) is 0 Å². The van der Waals surface area contributed by atoms with Crippen LogP contribution in [0, 0.1) is 0 Å². The SMILES string of the molecule is CCCCN(CCCC)Cc1ccoc1CNC. The number of furan rings is 1. The van der Waals surface area contributed by atoms with Crippen molar-refractivity contribution in [2.45, 2.75) is 52.6 Å². The molecule has 0 fully saturated rings. The molecule has 0 atom stereocenters. The van der Waals surface area contributed by atoms with Crippen molar-refractivity contribution < 1.29 is 4.42 Å². The first-order valence-electron chi connectivity index (χ1n) is 7.24. The van der Waals surface area contributed by atoms with Crippen molar-refractivity contribution in [3.63, 3.8) is 0 Å². The van der Waals surface area contributed by atoms with Crippen molar-refractivity contribution in [2.24, 2.45) is 0 Å². The molecule has 0 aliphatic carbocycles. The highest BCUT2D eigenvalue weighted by molar-refractivity contribution is 5.16. The summed E-state index contributed by atoms with van der Waals surface area (Å²) in [5.41, 5.74) is 1.33. The maximum Gasteiger partial charge on any atom is 0.122 e. The van der Waals surface area contributed by atoms with Crippen LogP contribution in [0.1, 0.15) is 50.9 Å². The van der Waals surface area contributed by atoms with Crippen LogP contribution in [-0.2, 0) is 13.1 Å². The number of hydrogen-bond donors (Lipinski definition) is 1. The summed E-state index contributed by atoms with van der Waals surface area (Å²) in [6, 6.07) is 2.11.